The second-order valence-corrected chi connectivity index (χ2v) is 9.94. The highest BCUT2D eigenvalue weighted by molar-refractivity contribution is 7.89. The number of carbonyl (C=O) groups excluding carboxylic acids is 1. The summed E-state index contributed by atoms with van der Waals surface area (Å²) < 4.78 is 27.7. The molecule has 1 saturated carbocycles. The van der Waals surface area contributed by atoms with Gasteiger partial charge in [0.25, 0.3) is 0 Å². The average molecular weight is 377 g/mol. The Morgan fingerprint density at radius 1 is 1.04 bits per heavy atom. The molecule has 1 amide bonds. The van der Waals surface area contributed by atoms with Crippen LogP contribution in [-0.4, -0.2) is 37.8 Å². The Bertz CT molecular complexity index is 793. The Balaban J connectivity index is 1.61. The van der Waals surface area contributed by atoms with Gasteiger partial charge in [-0.15, -0.1) is 0 Å². The van der Waals surface area contributed by atoms with Crippen molar-refractivity contribution in [3.63, 3.8) is 0 Å². The fourth-order valence-electron chi connectivity index (χ4n) is 4.39. The molecule has 1 saturated heterocycles. The van der Waals surface area contributed by atoms with Gasteiger partial charge in [-0.2, -0.15) is 4.31 Å². The molecule has 2 heterocycles. The fraction of sp³-hybridized carbons (Fsp3) is 0.650. The SMILES string of the molecule is CC1Cc2cc(S(=O)(=O)N3CCCCCC3)ccc2N1C(=O)C1CCC1. The zero-order valence-corrected chi connectivity index (χ0v) is 16.3. The minimum absolute atomic E-state index is 0.106. The van der Waals surface area contributed by atoms with Gasteiger partial charge in [-0.3, -0.25) is 4.79 Å². The van der Waals surface area contributed by atoms with Crippen LogP contribution in [0.2, 0.25) is 0 Å². The van der Waals surface area contributed by atoms with Gasteiger partial charge in [0.2, 0.25) is 15.9 Å². The lowest BCUT2D eigenvalue weighted by atomic mass is 9.84. The Kier molecular flexibility index (Phi) is 4.82. The molecule has 2 aliphatic heterocycles. The number of sulfonamides is 1. The summed E-state index contributed by atoms with van der Waals surface area (Å²) in [6.45, 7) is 3.28. The summed E-state index contributed by atoms with van der Waals surface area (Å²) in [5.41, 5.74) is 1.89. The number of hydrogen-bond donors (Lipinski definition) is 0. The van der Waals surface area contributed by atoms with Crippen LogP contribution in [0.5, 0.6) is 0 Å². The first kappa shape index (κ1) is 18.0. The molecule has 0 bridgehead atoms. The molecule has 0 radical (unpaired) electrons. The molecular weight excluding hydrogens is 348 g/mol. The largest absolute Gasteiger partial charge is 0.309 e. The number of fused-ring (bicyclic) bond motifs is 1. The van der Waals surface area contributed by atoms with Crippen LogP contribution in [0.4, 0.5) is 5.69 Å². The molecule has 1 aromatic carbocycles. The number of benzene rings is 1. The topological polar surface area (TPSA) is 57.7 Å². The molecule has 5 nitrogen and oxygen atoms in total. The van der Waals surface area contributed by atoms with Crippen LogP contribution in [0.3, 0.4) is 0 Å². The molecule has 2 fully saturated rings. The van der Waals surface area contributed by atoms with Gasteiger partial charge in [-0.05, 0) is 62.8 Å². The molecule has 1 aliphatic carbocycles. The summed E-state index contributed by atoms with van der Waals surface area (Å²) >= 11 is 0. The monoisotopic (exact) mass is 376 g/mol. The van der Waals surface area contributed by atoms with E-state index in [0.717, 1.165) is 62.6 Å². The van der Waals surface area contributed by atoms with Gasteiger partial charge >= 0.3 is 0 Å². The third kappa shape index (κ3) is 3.07. The lowest BCUT2D eigenvalue weighted by Crippen LogP contribution is -2.42. The molecule has 3 aliphatic rings. The Morgan fingerprint density at radius 2 is 1.73 bits per heavy atom. The van der Waals surface area contributed by atoms with Crippen molar-refractivity contribution in [2.24, 2.45) is 5.92 Å². The Labute approximate surface area is 156 Å². The molecule has 0 aromatic heterocycles. The zero-order valence-electron chi connectivity index (χ0n) is 15.5. The van der Waals surface area contributed by atoms with E-state index in [1.807, 2.05) is 11.0 Å². The maximum Gasteiger partial charge on any atom is 0.243 e. The highest BCUT2D eigenvalue weighted by Gasteiger charge is 2.37. The van der Waals surface area contributed by atoms with Crippen LogP contribution in [0.1, 0.15) is 57.4 Å². The second-order valence-electron chi connectivity index (χ2n) is 8.00. The Hall–Kier alpha value is -1.40. The van der Waals surface area contributed by atoms with E-state index in [9.17, 15) is 13.2 Å². The number of amides is 1. The molecule has 0 N–H and O–H groups in total. The first-order valence-corrected chi connectivity index (χ1v) is 11.4. The average Bonchev–Trinajstić information content (AvgIpc) is 2.73. The van der Waals surface area contributed by atoms with Gasteiger partial charge in [0.15, 0.2) is 0 Å². The third-order valence-electron chi connectivity index (χ3n) is 6.16. The molecule has 6 heteroatoms. The van der Waals surface area contributed by atoms with E-state index >= 15 is 0 Å². The van der Waals surface area contributed by atoms with Gasteiger partial charge in [-0.25, -0.2) is 8.42 Å². The summed E-state index contributed by atoms with van der Waals surface area (Å²) in [6, 6.07) is 5.45. The van der Waals surface area contributed by atoms with E-state index in [4.69, 9.17) is 0 Å². The van der Waals surface area contributed by atoms with Crippen molar-refractivity contribution in [1.82, 2.24) is 4.31 Å². The van der Waals surface area contributed by atoms with Crippen LogP contribution in [0.25, 0.3) is 0 Å². The van der Waals surface area contributed by atoms with E-state index in [1.165, 1.54) is 0 Å². The number of carbonyl (C=O) groups is 1. The summed E-state index contributed by atoms with van der Waals surface area (Å²) in [7, 11) is -3.44. The van der Waals surface area contributed by atoms with Crippen LogP contribution in [-0.2, 0) is 21.2 Å². The lowest BCUT2D eigenvalue weighted by Gasteiger charge is -2.32. The van der Waals surface area contributed by atoms with Crippen molar-refractivity contribution < 1.29 is 13.2 Å². The third-order valence-corrected chi connectivity index (χ3v) is 8.06. The summed E-state index contributed by atoms with van der Waals surface area (Å²) in [5, 5.41) is 0. The first-order valence-electron chi connectivity index (χ1n) is 9.94. The van der Waals surface area contributed by atoms with Crippen molar-refractivity contribution >= 4 is 21.6 Å². The van der Waals surface area contributed by atoms with Gasteiger partial charge in [0, 0.05) is 30.7 Å². The van der Waals surface area contributed by atoms with Crippen molar-refractivity contribution in [1.29, 1.82) is 0 Å². The van der Waals surface area contributed by atoms with E-state index in [-0.39, 0.29) is 17.9 Å². The van der Waals surface area contributed by atoms with E-state index in [1.54, 1.807) is 16.4 Å². The quantitative estimate of drug-likeness (QED) is 0.813. The standard InChI is InChI=1S/C20H28N2O3S/c1-15-13-17-14-18(26(24,25)21-11-4-2-3-5-12-21)9-10-19(17)22(15)20(23)16-7-6-8-16/h9-10,14-16H,2-8,11-13H2,1H3. The number of hydrogen-bond acceptors (Lipinski definition) is 3. The molecular formula is C20H28N2O3S. The maximum absolute atomic E-state index is 13.0. The molecule has 4 rings (SSSR count). The first-order chi connectivity index (χ1) is 12.5. The van der Waals surface area contributed by atoms with E-state index in [0.29, 0.717) is 18.0 Å². The summed E-state index contributed by atoms with van der Waals surface area (Å²) in [5.74, 6) is 0.370. The van der Waals surface area contributed by atoms with Crippen LogP contribution in [0, 0.1) is 5.92 Å². The van der Waals surface area contributed by atoms with Crippen molar-refractivity contribution in [3.05, 3.63) is 23.8 Å². The van der Waals surface area contributed by atoms with Gasteiger partial charge in [0.1, 0.15) is 0 Å². The molecule has 1 aromatic rings. The van der Waals surface area contributed by atoms with Crippen LogP contribution >= 0.6 is 0 Å². The maximum atomic E-state index is 13.0. The second kappa shape index (κ2) is 6.97. The van der Waals surface area contributed by atoms with Gasteiger partial charge < -0.3 is 4.90 Å². The lowest BCUT2D eigenvalue weighted by molar-refractivity contribution is -0.125. The number of anilines is 1. The van der Waals surface area contributed by atoms with Gasteiger partial charge in [0.05, 0.1) is 4.90 Å². The van der Waals surface area contributed by atoms with Crippen LogP contribution < -0.4 is 4.90 Å². The summed E-state index contributed by atoms with van der Waals surface area (Å²) in [4.78, 5) is 15.0. The zero-order chi connectivity index (χ0) is 18.3. The predicted octanol–water partition coefficient (Wildman–Crippen LogP) is 3.33. The van der Waals surface area contributed by atoms with Crippen LogP contribution in [0.15, 0.2) is 23.1 Å². The Morgan fingerprint density at radius 3 is 2.35 bits per heavy atom. The minimum Gasteiger partial charge on any atom is -0.309 e. The molecule has 0 spiro atoms. The highest BCUT2D eigenvalue weighted by atomic mass is 32.2. The van der Waals surface area contributed by atoms with Crippen molar-refractivity contribution in [2.45, 2.75) is 69.2 Å². The van der Waals surface area contributed by atoms with E-state index < -0.39 is 10.0 Å². The number of rotatable bonds is 3. The minimum atomic E-state index is -3.44. The summed E-state index contributed by atoms with van der Waals surface area (Å²) in [6.07, 6.45) is 7.92. The molecule has 26 heavy (non-hydrogen) atoms. The van der Waals surface area contributed by atoms with Gasteiger partial charge in [-0.1, -0.05) is 19.3 Å². The number of nitrogens with zero attached hydrogens (tertiary/aromatic N) is 2. The molecule has 1 atom stereocenters. The van der Waals surface area contributed by atoms with Crippen molar-refractivity contribution in [3.8, 4) is 0 Å². The van der Waals surface area contributed by atoms with Crippen molar-refractivity contribution in [2.75, 3.05) is 18.0 Å². The molecule has 142 valence electrons. The molecule has 1 unspecified atom stereocenters. The smallest absolute Gasteiger partial charge is 0.243 e. The fourth-order valence-corrected chi connectivity index (χ4v) is 5.96. The normalized spacial score (nSPS) is 24.8. The van der Waals surface area contributed by atoms with E-state index in [2.05, 4.69) is 6.92 Å². The predicted molar refractivity (Wildman–Crippen MR) is 102 cm³/mol. The highest BCUT2D eigenvalue weighted by Crippen LogP contribution is 2.38.